The molecule has 4 aromatic rings. The average molecular weight is 390 g/mol. The first-order valence-corrected chi connectivity index (χ1v) is 9.19. The minimum absolute atomic E-state index is 0.156. The Morgan fingerprint density at radius 1 is 0.966 bits per heavy atom. The lowest BCUT2D eigenvalue weighted by molar-refractivity contribution is -0.132. The predicted octanol–water partition coefficient (Wildman–Crippen LogP) is 3.98. The highest BCUT2D eigenvalue weighted by Gasteiger charge is 2.25. The van der Waals surface area contributed by atoms with E-state index in [1.807, 2.05) is 30.3 Å². The van der Waals surface area contributed by atoms with Crippen LogP contribution in [0.25, 0.3) is 11.1 Å². The van der Waals surface area contributed by atoms with Crippen LogP contribution in [0.3, 0.4) is 0 Å². The van der Waals surface area contributed by atoms with Gasteiger partial charge in [0.05, 0.1) is 11.6 Å². The largest absolute Gasteiger partial charge is 0.420 e. The maximum Gasteiger partial charge on any atom is 0.420 e. The monoisotopic (exact) mass is 390 g/mol. The molecule has 0 fully saturated rings. The Morgan fingerprint density at radius 3 is 2.31 bits per heavy atom. The van der Waals surface area contributed by atoms with Crippen molar-refractivity contribution in [3.8, 4) is 0 Å². The summed E-state index contributed by atoms with van der Waals surface area (Å²) in [5, 5.41) is 0. The van der Waals surface area contributed by atoms with Gasteiger partial charge in [-0.05, 0) is 35.4 Å². The summed E-state index contributed by atoms with van der Waals surface area (Å²) in [6, 6.07) is 22.1. The van der Waals surface area contributed by atoms with Crippen molar-refractivity contribution in [1.29, 1.82) is 0 Å². The molecule has 29 heavy (non-hydrogen) atoms. The Morgan fingerprint density at radius 2 is 1.59 bits per heavy atom. The molecule has 0 bridgehead atoms. The number of carbonyl (C=O) groups excluding carboxylic acids is 1. The number of likely N-dealkylation sites (N-methyl/N-ethyl adjacent to an activating group) is 1. The van der Waals surface area contributed by atoms with Gasteiger partial charge < -0.3 is 9.32 Å². The van der Waals surface area contributed by atoms with E-state index in [4.69, 9.17) is 4.42 Å². The highest BCUT2D eigenvalue weighted by atomic mass is 19.1. The minimum atomic E-state index is -0.578. The number of aromatic nitrogens is 1. The van der Waals surface area contributed by atoms with Gasteiger partial charge in [-0.15, -0.1) is 0 Å². The first kappa shape index (κ1) is 18.7. The SMILES string of the molecule is CN(C(=O)Cn1c(=O)oc2ccccc21)C(c1ccccc1)c1ccc(F)cc1. The van der Waals surface area contributed by atoms with Crippen molar-refractivity contribution in [2.75, 3.05) is 7.05 Å². The van der Waals surface area contributed by atoms with Crippen LogP contribution in [0.1, 0.15) is 17.2 Å². The van der Waals surface area contributed by atoms with Crippen LogP contribution < -0.4 is 5.76 Å². The summed E-state index contributed by atoms with van der Waals surface area (Å²) in [4.78, 5) is 26.9. The lowest BCUT2D eigenvalue weighted by Crippen LogP contribution is -2.36. The Hall–Kier alpha value is -3.67. The highest BCUT2D eigenvalue weighted by Crippen LogP contribution is 2.28. The standard InChI is InChI=1S/C23H19FN2O3/c1-25(21(27)15-26-19-9-5-6-10-20(19)29-23(26)28)22(16-7-3-2-4-8-16)17-11-13-18(24)14-12-17/h2-14,22H,15H2,1H3. The predicted molar refractivity (Wildman–Crippen MR) is 108 cm³/mol. The zero-order chi connectivity index (χ0) is 20.4. The third-order valence-corrected chi connectivity index (χ3v) is 4.95. The van der Waals surface area contributed by atoms with Crippen LogP contribution >= 0.6 is 0 Å². The molecule has 0 aliphatic carbocycles. The van der Waals surface area contributed by atoms with Gasteiger partial charge in [0.1, 0.15) is 12.4 Å². The van der Waals surface area contributed by atoms with E-state index in [0.717, 1.165) is 11.1 Å². The Balaban J connectivity index is 1.69. The molecule has 0 aliphatic heterocycles. The molecule has 0 saturated carbocycles. The molecule has 1 atom stereocenters. The smallest absolute Gasteiger partial charge is 0.408 e. The summed E-state index contributed by atoms with van der Waals surface area (Å²) in [7, 11) is 1.68. The Labute approximate surface area is 166 Å². The average Bonchev–Trinajstić information content (AvgIpc) is 3.05. The van der Waals surface area contributed by atoms with Crippen LogP contribution in [-0.4, -0.2) is 22.4 Å². The van der Waals surface area contributed by atoms with Gasteiger partial charge in [0, 0.05) is 7.05 Å². The second-order valence-corrected chi connectivity index (χ2v) is 6.79. The van der Waals surface area contributed by atoms with E-state index in [1.165, 1.54) is 16.7 Å². The quantitative estimate of drug-likeness (QED) is 0.518. The van der Waals surface area contributed by atoms with Crippen molar-refractivity contribution in [3.63, 3.8) is 0 Å². The van der Waals surface area contributed by atoms with Crippen LogP contribution in [0.2, 0.25) is 0 Å². The van der Waals surface area contributed by atoms with Crippen LogP contribution in [0.4, 0.5) is 4.39 Å². The summed E-state index contributed by atoms with van der Waals surface area (Å²) in [6.07, 6.45) is 0. The molecule has 1 aromatic heterocycles. The normalized spacial score (nSPS) is 12.1. The van der Waals surface area contributed by atoms with Crippen LogP contribution in [0.15, 0.2) is 88.1 Å². The molecule has 0 spiro atoms. The number of carbonyl (C=O) groups is 1. The lowest BCUT2D eigenvalue weighted by atomic mass is 9.97. The molecule has 0 radical (unpaired) electrons. The fraction of sp³-hybridized carbons (Fsp3) is 0.130. The summed E-state index contributed by atoms with van der Waals surface area (Å²) in [5.41, 5.74) is 2.67. The van der Waals surface area contributed by atoms with Gasteiger partial charge in [0.25, 0.3) is 0 Å². The number of nitrogens with zero attached hydrogens (tertiary/aromatic N) is 2. The first-order chi connectivity index (χ1) is 14.0. The second-order valence-electron chi connectivity index (χ2n) is 6.79. The van der Waals surface area contributed by atoms with Crippen molar-refractivity contribution in [2.45, 2.75) is 12.6 Å². The van der Waals surface area contributed by atoms with Crippen LogP contribution in [0, 0.1) is 5.82 Å². The Bertz CT molecular complexity index is 1200. The molecule has 3 aromatic carbocycles. The number of halogens is 1. The van der Waals surface area contributed by atoms with Gasteiger partial charge >= 0.3 is 5.76 Å². The number of rotatable bonds is 5. The number of fused-ring (bicyclic) bond motifs is 1. The third-order valence-electron chi connectivity index (χ3n) is 4.95. The zero-order valence-corrected chi connectivity index (χ0v) is 15.8. The summed E-state index contributed by atoms with van der Waals surface area (Å²) >= 11 is 0. The van der Waals surface area contributed by atoms with Gasteiger partial charge in [-0.1, -0.05) is 54.6 Å². The van der Waals surface area contributed by atoms with E-state index in [-0.39, 0.29) is 18.3 Å². The number of hydrogen-bond donors (Lipinski definition) is 0. The topological polar surface area (TPSA) is 55.5 Å². The van der Waals surface area contributed by atoms with Crippen LogP contribution in [-0.2, 0) is 11.3 Å². The lowest BCUT2D eigenvalue weighted by Gasteiger charge is -2.29. The van der Waals surface area contributed by atoms with E-state index in [0.29, 0.717) is 11.1 Å². The van der Waals surface area contributed by atoms with Crippen molar-refractivity contribution < 1.29 is 13.6 Å². The van der Waals surface area contributed by atoms with Crippen molar-refractivity contribution in [2.24, 2.45) is 0 Å². The van der Waals surface area contributed by atoms with Crippen LogP contribution in [0.5, 0.6) is 0 Å². The summed E-state index contributed by atoms with van der Waals surface area (Å²) < 4.78 is 20.0. The Kier molecular flexibility index (Phi) is 4.99. The molecule has 1 amide bonds. The number of para-hydroxylation sites is 2. The first-order valence-electron chi connectivity index (χ1n) is 9.19. The fourth-order valence-corrected chi connectivity index (χ4v) is 3.47. The molecular formula is C23H19FN2O3. The highest BCUT2D eigenvalue weighted by molar-refractivity contribution is 5.80. The van der Waals surface area contributed by atoms with E-state index in [9.17, 15) is 14.0 Å². The molecule has 1 unspecified atom stereocenters. The number of benzene rings is 3. The second kappa shape index (κ2) is 7.75. The van der Waals surface area contributed by atoms with Gasteiger partial charge in [0.15, 0.2) is 5.58 Å². The summed E-state index contributed by atoms with van der Waals surface area (Å²) in [5.74, 6) is -1.19. The fourth-order valence-electron chi connectivity index (χ4n) is 3.47. The number of amides is 1. The van der Waals surface area contributed by atoms with Crippen molar-refractivity contribution in [1.82, 2.24) is 9.47 Å². The van der Waals surface area contributed by atoms with Gasteiger partial charge in [-0.2, -0.15) is 0 Å². The molecule has 6 heteroatoms. The van der Waals surface area contributed by atoms with Gasteiger partial charge in [-0.3, -0.25) is 9.36 Å². The molecule has 4 rings (SSSR count). The maximum atomic E-state index is 13.4. The zero-order valence-electron chi connectivity index (χ0n) is 15.8. The van der Waals surface area contributed by atoms with E-state index in [1.54, 1.807) is 48.3 Å². The third kappa shape index (κ3) is 3.69. The number of oxazole rings is 1. The van der Waals surface area contributed by atoms with Gasteiger partial charge in [0.2, 0.25) is 5.91 Å². The van der Waals surface area contributed by atoms with E-state index >= 15 is 0 Å². The summed E-state index contributed by atoms with van der Waals surface area (Å²) in [6.45, 7) is -0.156. The van der Waals surface area contributed by atoms with E-state index in [2.05, 4.69) is 0 Å². The minimum Gasteiger partial charge on any atom is -0.408 e. The molecule has 1 heterocycles. The molecule has 146 valence electrons. The van der Waals surface area contributed by atoms with Gasteiger partial charge in [-0.25, -0.2) is 9.18 Å². The molecule has 5 nitrogen and oxygen atoms in total. The van der Waals surface area contributed by atoms with E-state index < -0.39 is 11.8 Å². The van der Waals surface area contributed by atoms with Crippen molar-refractivity contribution >= 4 is 17.0 Å². The molecule has 0 saturated heterocycles. The molecule has 0 N–H and O–H groups in total. The maximum absolute atomic E-state index is 13.4. The molecular weight excluding hydrogens is 371 g/mol. The molecule has 0 aliphatic rings. The van der Waals surface area contributed by atoms with Crippen molar-refractivity contribution in [3.05, 3.63) is 106 Å². The number of hydrogen-bond acceptors (Lipinski definition) is 3.